The molecule has 0 aliphatic heterocycles. The van der Waals surface area contributed by atoms with Crippen LogP contribution in [0.25, 0.3) is 0 Å². The first-order valence-corrected chi connectivity index (χ1v) is 8.97. The van der Waals surface area contributed by atoms with Crippen LogP contribution in [0.2, 0.25) is 0 Å². The molecule has 1 heterocycles. The summed E-state index contributed by atoms with van der Waals surface area (Å²) in [4.78, 5) is 2.50. The Morgan fingerprint density at radius 3 is 2.80 bits per heavy atom. The third kappa shape index (κ3) is 4.31. The number of thiophene rings is 1. The van der Waals surface area contributed by atoms with Gasteiger partial charge in [0.05, 0.1) is 0 Å². The van der Waals surface area contributed by atoms with Crippen molar-refractivity contribution in [2.24, 2.45) is 17.8 Å². The smallest absolute Gasteiger partial charge is 0.0239 e. The van der Waals surface area contributed by atoms with E-state index >= 15 is 0 Å². The molecule has 1 aliphatic carbocycles. The molecule has 0 amide bonds. The number of hydrogen-bond acceptors (Lipinski definition) is 3. The summed E-state index contributed by atoms with van der Waals surface area (Å²) in [6, 6.07) is 2.94. The average molecular weight is 295 g/mol. The van der Waals surface area contributed by atoms with Crippen LogP contribution in [-0.4, -0.2) is 31.1 Å². The first kappa shape index (κ1) is 16.0. The number of nitrogens with zero attached hydrogens (tertiary/aromatic N) is 1. The van der Waals surface area contributed by atoms with Crippen LogP contribution < -0.4 is 5.32 Å². The van der Waals surface area contributed by atoms with Gasteiger partial charge in [0.25, 0.3) is 0 Å². The van der Waals surface area contributed by atoms with Crippen molar-refractivity contribution in [1.29, 1.82) is 0 Å². The Labute approximate surface area is 128 Å². The minimum Gasteiger partial charge on any atom is -0.314 e. The van der Waals surface area contributed by atoms with Gasteiger partial charge in [0.2, 0.25) is 0 Å². The van der Waals surface area contributed by atoms with Gasteiger partial charge < -0.3 is 10.2 Å². The van der Waals surface area contributed by atoms with Crippen molar-refractivity contribution in [2.75, 3.05) is 20.1 Å². The minimum absolute atomic E-state index is 0.698. The van der Waals surface area contributed by atoms with Gasteiger partial charge in [0.15, 0.2) is 0 Å². The van der Waals surface area contributed by atoms with E-state index in [0.29, 0.717) is 6.04 Å². The van der Waals surface area contributed by atoms with Crippen molar-refractivity contribution < 1.29 is 0 Å². The second-order valence-corrected chi connectivity index (χ2v) is 7.49. The summed E-state index contributed by atoms with van der Waals surface area (Å²) < 4.78 is 0. The molecule has 4 atom stereocenters. The third-order valence-electron chi connectivity index (χ3n) is 4.70. The molecule has 2 nitrogen and oxygen atoms in total. The molecule has 1 aromatic rings. The Bertz CT molecular complexity index is 376. The fourth-order valence-electron chi connectivity index (χ4n) is 3.83. The zero-order valence-electron chi connectivity index (χ0n) is 13.4. The summed E-state index contributed by atoms with van der Waals surface area (Å²) in [6.45, 7) is 10.5. The van der Waals surface area contributed by atoms with Crippen LogP contribution in [0.1, 0.15) is 39.2 Å². The van der Waals surface area contributed by atoms with Gasteiger partial charge in [0, 0.05) is 19.1 Å². The van der Waals surface area contributed by atoms with E-state index in [-0.39, 0.29) is 0 Å². The zero-order chi connectivity index (χ0) is 14.5. The lowest BCUT2D eigenvalue weighted by atomic mass is 9.72. The summed E-state index contributed by atoms with van der Waals surface area (Å²) >= 11 is 1.80. The highest BCUT2D eigenvalue weighted by Crippen LogP contribution is 2.34. The molecule has 1 aliphatic rings. The van der Waals surface area contributed by atoms with Crippen LogP contribution in [0.5, 0.6) is 0 Å². The van der Waals surface area contributed by atoms with Crippen molar-refractivity contribution in [3.05, 3.63) is 22.4 Å². The van der Waals surface area contributed by atoms with Crippen LogP contribution in [-0.2, 0) is 6.54 Å². The normalized spacial score (nSPS) is 30.9. The minimum atomic E-state index is 0.698. The standard InChI is InChI=1S/C17H30N2S/c1-5-18-17-9-13(2)8-14(3)16(17)11-19(4)10-15-6-7-20-12-15/h6-7,12-14,16-18H,5,8-11H2,1-4H3. The maximum absolute atomic E-state index is 3.73. The summed E-state index contributed by atoms with van der Waals surface area (Å²) in [6.07, 6.45) is 2.73. The molecule has 0 spiro atoms. The van der Waals surface area contributed by atoms with Crippen LogP contribution in [0.15, 0.2) is 16.8 Å². The fraction of sp³-hybridized carbons (Fsp3) is 0.765. The molecule has 1 fully saturated rings. The second-order valence-electron chi connectivity index (χ2n) is 6.71. The Hall–Kier alpha value is -0.380. The first-order valence-electron chi connectivity index (χ1n) is 8.03. The van der Waals surface area contributed by atoms with Crippen LogP contribution in [0.4, 0.5) is 0 Å². The van der Waals surface area contributed by atoms with Gasteiger partial charge >= 0.3 is 0 Å². The highest BCUT2D eigenvalue weighted by molar-refractivity contribution is 7.07. The lowest BCUT2D eigenvalue weighted by Gasteiger charge is -2.42. The highest BCUT2D eigenvalue weighted by atomic mass is 32.1. The molecule has 20 heavy (non-hydrogen) atoms. The van der Waals surface area contributed by atoms with E-state index in [1.54, 1.807) is 11.3 Å². The largest absolute Gasteiger partial charge is 0.314 e. The fourth-order valence-corrected chi connectivity index (χ4v) is 4.49. The van der Waals surface area contributed by atoms with Gasteiger partial charge in [-0.1, -0.05) is 20.8 Å². The van der Waals surface area contributed by atoms with E-state index in [1.165, 1.54) is 24.9 Å². The molecule has 0 radical (unpaired) electrons. The Morgan fingerprint density at radius 1 is 1.35 bits per heavy atom. The summed E-state index contributed by atoms with van der Waals surface area (Å²) in [5, 5.41) is 8.18. The molecule has 2 rings (SSSR count). The lowest BCUT2D eigenvalue weighted by Crippen LogP contribution is -2.48. The van der Waals surface area contributed by atoms with Crippen molar-refractivity contribution in [1.82, 2.24) is 10.2 Å². The van der Waals surface area contributed by atoms with E-state index in [1.807, 2.05) is 0 Å². The molecular formula is C17H30N2S. The van der Waals surface area contributed by atoms with Crippen LogP contribution in [0.3, 0.4) is 0 Å². The van der Waals surface area contributed by atoms with Crippen molar-refractivity contribution >= 4 is 11.3 Å². The molecule has 4 unspecified atom stereocenters. The maximum atomic E-state index is 3.73. The van der Waals surface area contributed by atoms with Gasteiger partial charge in [0.1, 0.15) is 0 Å². The third-order valence-corrected chi connectivity index (χ3v) is 5.43. The van der Waals surface area contributed by atoms with E-state index in [0.717, 1.165) is 30.8 Å². The monoisotopic (exact) mass is 294 g/mol. The Balaban J connectivity index is 1.93. The Morgan fingerprint density at radius 2 is 2.15 bits per heavy atom. The van der Waals surface area contributed by atoms with Crippen LogP contribution >= 0.6 is 11.3 Å². The predicted octanol–water partition coefficient (Wildman–Crippen LogP) is 3.84. The van der Waals surface area contributed by atoms with Crippen molar-refractivity contribution in [2.45, 2.75) is 46.2 Å². The average Bonchev–Trinajstić information content (AvgIpc) is 2.86. The summed E-state index contributed by atoms with van der Waals surface area (Å²) in [5.74, 6) is 2.48. The molecule has 0 bridgehead atoms. The quantitative estimate of drug-likeness (QED) is 0.857. The SMILES string of the molecule is CCNC1CC(C)CC(C)C1CN(C)Cc1ccsc1. The topological polar surface area (TPSA) is 15.3 Å². The Kier molecular flexibility index (Phi) is 6.06. The van der Waals surface area contributed by atoms with Gasteiger partial charge in [-0.3, -0.25) is 0 Å². The number of hydrogen-bond donors (Lipinski definition) is 1. The molecule has 0 aromatic carbocycles. The molecular weight excluding hydrogens is 264 g/mol. The number of rotatable bonds is 6. The maximum Gasteiger partial charge on any atom is 0.0239 e. The second kappa shape index (κ2) is 7.58. The highest BCUT2D eigenvalue weighted by Gasteiger charge is 2.33. The van der Waals surface area contributed by atoms with Crippen molar-refractivity contribution in [3.8, 4) is 0 Å². The molecule has 0 saturated heterocycles. The van der Waals surface area contributed by atoms with E-state index in [9.17, 15) is 0 Å². The zero-order valence-corrected chi connectivity index (χ0v) is 14.2. The molecule has 1 aromatic heterocycles. The molecule has 114 valence electrons. The lowest BCUT2D eigenvalue weighted by molar-refractivity contribution is 0.110. The molecule has 3 heteroatoms. The van der Waals surface area contributed by atoms with E-state index < -0.39 is 0 Å². The van der Waals surface area contributed by atoms with Crippen LogP contribution in [0, 0.1) is 17.8 Å². The van der Waals surface area contributed by atoms with E-state index in [4.69, 9.17) is 0 Å². The summed E-state index contributed by atoms with van der Waals surface area (Å²) in [7, 11) is 2.27. The molecule has 1 N–H and O–H groups in total. The van der Waals surface area contributed by atoms with Gasteiger partial charge in [-0.2, -0.15) is 11.3 Å². The van der Waals surface area contributed by atoms with Gasteiger partial charge in [-0.05, 0) is 66.6 Å². The predicted molar refractivity (Wildman–Crippen MR) is 89.2 cm³/mol. The van der Waals surface area contributed by atoms with Crippen molar-refractivity contribution in [3.63, 3.8) is 0 Å². The van der Waals surface area contributed by atoms with Gasteiger partial charge in [-0.25, -0.2) is 0 Å². The number of nitrogens with one attached hydrogen (secondary N) is 1. The summed E-state index contributed by atoms with van der Waals surface area (Å²) in [5.41, 5.74) is 1.45. The first-order chi connectivity index (χ1) is 9.60. The molecule has 1 saturated carbocycles. The van der Waals surface area contributed by atoms with Gasteiger partial charge in [-0.15, -0.1) is 0 Å². The van der Waals surface area contributed by atoms with E-state index in [2.05, 4.69) is 54.9 Å².